The Morgan fingerprint density at radius 1 is 1.18 bits per heavy atom. The number of carbonyl (C=O) groups excluding carboxylic acids is 4. The quantitative estimate of drug-likeness (QED) is 0.578. The van der Waals surface area contributed by atoms with Gasteiger partial charge < -0.3 is 24.7 Å². The summed E-state index contributed by atoms with van der Waals surface area (Å²) in [6.07, 6.45) is 0.236. The van der Waals surface area contributed by atoms with Gasteiger partial charge in [-0.3, -0.25) is 19.3 Å². The van der Waals surface area contributed by atoms with E-state index < -0.39 is 41.5 Å². The lowest BCUT2D eigenvalue weighted by Gasteiger charge is -2.17. The van der Waals surface area contributed by atoms with Gasteiger partial charge in [0.1, 0.15) is 18.5 Å². The third kappa shape index (κ3) is 5.89. The standard InChI is InChI=1S/C22H19FN2O7S/c1-12(21(28)29)32-16-8-3-13(9-17(16)31-2)10-18-20(27)25(22(30)33-18)11-19(26)24-15-6-4-14(23)5-7-15/h3-10,12H,11H2,1-2H3,(H,24,26)(H,28,29)/p-1/b18-10+/t12-/m0/s1. The van der Waals surface area contributed by atoms with E-state index in [2.05, 4.69) is 5.32 Å². The lowest BCUT2D eigenvalue weighted by molar-refractivity contribution is -0.312. The van der Waals surface area contributed by atoms with Gasteiger partial charge >= 0.3 is 0 Å². The number of benzene rings is 2. The Hall–Kier alpha value is -3.86. The second-order valence-electron chi connectivity index (χ2n) is 6.81. The van der Waals surface area contributed by atoms with E-state index in [0.29, 0.717) is 23.0 Å². The van der Waals surface area contributed by atoms with Crippen molar-refractivity contribution in [3.63, 3.8) is 0 Å². The summed E-state index contributed by atoms with van der Waals surface area (Å²) in [5, 5.41) is 12.8. The fourth-order valence-electron chi connectivity index (χ4n) is 2.77. The minimum atomic E-state index is -1.39. The molecule has 0 aliphatic carbocycles. The number of methoxy groups -OCH3 is 1. The van der Waals surface area contributed by atoms with E-state index in [4.69, 9.17) is 9.47 Å². The summed E-state index contributed by atoms with van der Waals surface area (Å²) >= 11 is 0.670. The zero-order chi connectivity index (χ0) is 24.1. The second kappa shape index (κ2) is 10.2. The highest BCUT2D eigenvalue weighted by Crippen LogP contribution is 2.34. The Labute approximate surface area is 192 Å². The van der Waals surface area contributed by atoms with Crippen LogP contribution in [0.2, 0.25) is 0 Å². The van der Waals surface area contributed by atoms with Gasteiger partial charge in [0.15, 0.2) is 11.5 Å². The van der Waals surface area contributed by atoms with Gasteiger partial charge in [-0.2, -0.15) is 0 Å². The fourth-order valence-corrected chi connectivity index (χ4v) is 3.61. The predicted octanol–water partition coefficient (Wildman–Crippen LogP) is 2.03. The van der Waals surface area contributed by atoms with Gasteiger partial charge in [-0.05, 0) is 66.7 Å². The van der Waals surface area contributed by atoms with E-state index >= 15 is 0 Å². The van der Waals surface area contributed by atoms with Crippen LogP contribution in [0.5, 0.6) is 11.5 Å². The van der Waals surface area contributed by atoms with Crippen LogP contribution in [0.1, 0.15) is 12.5 Å². The number of imide groups is 1. The number of hydrogen-bond acceptors (Lipinski definition) is 8. The van der Waals surface area contributed by atoms with Crippen molar-refractivity contribution in [3.05, 3.63) is 58.8 Å². The highest BCUT2D eigenvalue weighted by molar-refractivity contribution is 8.18. The Morgan fingerprint density at radius 2 is 1.88 bits per heavy atom. The number of anilines is 1. The molecule has 0 unspecified atom stereocenters. The maximum absolute atomic E-state index is 13.0. The molecule has 3 rings (SSSR count). The number of nitrogens with one attached hydrogen (secondary N) is 1. The Kier molecular flexibility index (Phi) is 7.34. The molecule has 0 spiro atoms. The van der Waals surface area contributed by atoms with Crippen molar-refractivity contribution in [1.82, 2.24) is 4.90 Å². The zero-order valence-corrected chi connectivity index (χ0v) is 18.3. The number of nitrogens with zero attached hydrogens (tertiary/aromatic N) is 1. The number of amides is 3. The van der Waals surface area contributed by atoms with Crippen molar-refractivity contribution in [2.75, 3.05) is 19.0 Å². The predicted molar refractivity (Wildman–Crippen MR) is 116 cm³/mol. The lowest BCUT2D eigenvalue weighted by atomic mass is 10.2. The molecular formula is C22H18FN2O7S-. The van der Waals surface area contributed by atoms with Crippen molar-refractivity contribution < 1.29 is 38.1 Å². The van der Waals surface area contributed by atoms with E-state index in [1.807, 2.05) is 0 Å². The summed E-state index contributed by atoms with van der Waals surface area (Å²) in [6, 6.07) is 9.57. The molecule has 172 valence electrons. The van der Waals surface area contributed by atoms with Gasteiger partial charge in [-0.25, -0.2) is 4.39 Å². The van der Waals surface area contributed by atoms with Gasteiger partial charge in [-0.15, -0.1) is 0 Å². The first-order valence-corrected chi connectivity index (χ1v) is 10.4. The average Bonchev–Trinajstić information content (AvgIpc) is 3.03. The third-order valence-electron chi connectivity index (χ3n) is 4.42. The van der Waals surface area contributed by atoms with E-state index in [1.54, 1.807) is 6.07 Å². The van der Waals surface area contributed by atoms with Crippen LogP contribution in [-0.2, 0) is 14.4 Å². The number of carbonyl (C=O) groups is 4. The summed E-state index contributed by atoms with van der Waals surface area (Å²) in [7, 11) is 1.36. The molecule has 0 aromatic heterocycles. The van der Waals surface area contributed by atoms with Crippen LogP contribution in [0.4, 0.5) is 14.9 Å². The molecule has 1 N–H and O–H groups in total. The monoisotopic (exact) mass is 473 g/mol. The van der Waals surface area contributed by atoms with Gasteiger partial charge in [0.05, 0.1) is 18.0 Å². The van der Waals surface area contributed by atoms with Crippen LogP contribution < -0.4 is 19.9 Å². The Balaban J connectivity index is 1.71. The Morgan fingerprint density at radius 3 is 2.52 bits per heavy atom. The largest absolute Gasteiger partial charge is 0.546 e. The summed E-state index contributed by atoms with van der Waals surface area (Å²) in [6.45, 7) is 0.807. The maximum atomic E-state index is 13.0. The number of ether oxygens (including phenoxy) is 2. The van der Waals surface area contributed by atoms with E-state index in [9.17, 15) is 28.7 Å². The molecule has 1 heterocycles. The Bertz CT molecular complexity index is 1130. The molecule has 1 atom stereocenters. The maximum Gasteiger partial charge on any atom is 0.294 e. The zero-order valence-electron chi connectivity index (χ0n) is 17.5. The lowest BCUT2D eigenvalue weighted by Crippen LogP contribution is -2.37. The summed E-state index contributed by atoms with van der Waals surface area (Å²) in [4.78, 5) is 48.9. The van der Waals surface area contributed by atoms with Crippen molar-refractivity contribution in [2.24, 2.45) is 0 Å². The smallest absolute Gasteiger partial charge is 0.294 e. The second-order valence-corrected chi connectivity index (χ2v) is 7.81. The SMILES string of the molecule is COc1cc(/C=C2/SC(=O)N(CC(=O)Nc3ccc(F)cc3)C2=O)ccc1O[C@@H](C)C(=O)[O-]. The normalized spacial score (nSPS) is 15.5. The van der Waals surface area contributed by atoms with Gasteiger partial charge in [0, 0.05) is 5.69 Å². The number of carboxylic acid groups (broad SMARTS) is 1. The molecule has 1 aliphatic rings. The summed E-state index contributed by atoms with van der Waals surface area (Å²) in [5.74, 6) is -2.74. The molecule has 0 bridgehead atoms. The number of hydrogen-bond donors (Lipinski definition) is 1. The van der Waals surface area contributed by atoms with Crippen LogP contribution in [0.3, 0.4) is 0 Å². The molecule has 9 nitrogen and oxygen atoms in total. The number of rotatable bonds is 8. The molecule has 1 fully saturated rings. The van der Waals surface area contributed by atoms with E-state index in [0.717, 1.165) is 4.90 Å². The van der Waals surface area contributed by atoms with Crippen molar-refractivity contribution in [1.29, 1.82) is 0 Å². The molecule has 0 radical (unpaired) electrons. The van der Waals surface area contributed by atoms with Gasteiger partial charge in [0.25, 0.3) is 11.1 Å². The number of thioether (sulfide) groups is 1. The number of aliphatic carboxylic acids is 1. The molecule has 3 amide bonds. The molecular weight excluding hydrogens is 455 g/mol. The van der Waals surface area contributed by atoms with Crippen molar-refractivity contribution >= 4 is 46.5 Å². The molecule has 11 heteroatoms. The van der Waals surface area contributed by atoms with Crippen LogP contribution in [-0.4, -0.2) is 47.7 Å². The fraction of sp³-hybridized carbons (Fsp3) is 0.182. The molecule has 33 heavy (non-hydrogen) atoms. The van der Waals surface area contributed by atoms with Gasteiger partial charge in [0.2, 0.25) is 5.91 Å². The van der Waals surface area contributed by atoms with Crippen LogP contribution >= 0.6 is 11.8 Å². The van der Waals surface area contributed by atoms with E-state index in [1.165, 1.54) is 56.5 Å². The van der Waals surface area contributed by atoms with Crippen molar-refractivity contribution in [2.45, 2.75) is 13.0 Å². The molecule has 1 aliphatic heterocycles. The minimum absolute atomic E-state index is 0.0911. The van der Waals surface area contributed by atoms with Crippen LogP contribution in [0.15, 0.2) is 47.4 Å². The molecule has 2 aromatic rings. The first kappa shape index (κ1) is 23.8. The topological polar surface area (TPSA) is 125 Å². The van der Waals surface area contributed by atoms with Crippen LogP contribution in [0, 0.1) is 5.82 Å². The summed E-state index contributed by atoms with van der Waals surface area (Å²) in [5.41, 5.74) is 0.813. The van der Waals surface area contributed by atoms with E-state index in [-0.39, 0.29) is 16.4 Å². The highest BCUT2D eigenvalue weighted by Gasteiger charge is 2.36. The molecule has 2 aromatic carbocycles. The molecule has 0 saturated carbocycles. The van der Waals surface area contributed by atoms with Crippen LogP contribution in [0.25, 0.3) is 6.08 Å². The molecule has 1 saturated heterocycles. The number of carboxylic acids is 1. The summed E-state index contributed by atoms with van der Waals surface area (Å²) < 4.78 is 23.4. The first-order chi connectivity index (χ1) is 15.7. The minimum Gasteiger partial charge on any atom is -0.546 e. The van der Waals surface area contributed by atoms with Crippen molar-refractivity contribution in [3.8, 4) is 11.5 Å². The number of halogens is 1. The first-order valence-electron chi connectivity index (χ1n) is 9.54. The average molecular weight is 473 g/mol. The van der Waals surface area contributed by atoms with Gasteiger partial charge in [-0.1, -0.05) is 6.07 Å². The third-order valence-corrected chi connectivity index (χ3v) is 5.33. The highest BCUT2D eigenvalue weighted by atomic mass is 32.2.